The van der Waals surface area contributed by atoms with Gasteiger partial charge in [-0.1, -0.05) is 37.6 Å². The molecule has 1 atom stereocenters. The number of hydrogen-bond acceptors (Lipinski definition) is 3. The first-order valence-electron chi connectivity index (χ1n) is 10.5. The highest BCUT2D eigenvalue weighted by molar-refractivity contribution is 6.37. The largest absolute Gasteiger partial charge is 0.423 e. The quantitative estimate of drug-likeness (QED) is 0.354. The van der Waals surface area contributed by atoms with Crippen molar-refractivity contribution in [2.75, 3.05) is 0 Å². The average molecular weight is 410 g/mol. The van der Waals surface area contributed by atoms with Crippen LogP contribution in [0.15, 0.2) is 42.5 Å². The zero-order chi connectivity index (χ0) is 20.8. The molecule has 3 rings (SSSR count). The van der Waals surface area contributed by atoms with Crippen LogP contribution in [0.1, 0.15) is 66.9 Å². The number of rotatable bonds is 6. The average Bonchev–Trinajstić information content (AvgIpc) is 2.74. The SMILES string of the molecule is CC[SiH2]C(C)[C@H]1CC[C@H](c2ccc(C(=O)Oc3ccc(C#N)c(F)c3)cc2)CC1. The van der Waals surface area contributed by atoms with E-state index in [4.69, 9.17) is 10.00 Å². The third kappa shape index (κ3) is 5.33. The Bertz CT molecular complexity index is 883. The molecule has 1 unspecified atom stereocenters. The van der Waals surface area contributed by atoms with Crippen molar-refractivity contribution in [1.29, 1.82) is 5.26 Å². The maximum atomic E-state index is 13.7. The Hall–Kier alpha value is -2.45. The van der Waals surface area contributed by atoms with E-state index in [1.165, 1.54) is 49.4 Å². The van der Waals surface area contributed by atoms with Gasteiger partial charge in [-0.15, -0.1) is 0 Å². The molecule has 0 bridgehead atoms. The molecule has 29 heavy (non-hydrogen) atoms. The van der Waals surface area contributed by atoms with Crippen LogP contribution in [-0.4, -0.2) is 15.5 Å². The maximum absolute atomic E-state index is 13.7. The number of carbonyl (C=O) groups excluding carboxylic acids is 1. The van der Waals surface area contributed by atoms with E-state index < -0.39 is 11.8 Å². The number of hydrogen-bond donors (Lipinski definition) is 0. The Morgan fingerprint density at radius 2 is 1.90 bits per heavy atom. The predicted molar refractivity (Wildman–Crippen MR) is 116 cm³/mol. The van der Waals surface area contributed by atoms with Gasteiger partial charge in [0.25, 0.3) is 0 Å². The number of carbonyl (C=O) groups is 1. The van der Waals surface area contributed by atoms with Crippen LogP contribution in [-0.2, 0) is 0 Å². The van der Waals surface area contributed by atoms with E-state index in [1.54, 1.807) is 18.2 Å². The highest BCUT2D eigenvalue weighted by atomic mass is 28.2. The lowest BCUT2D eigenvalue weighted by molar-refractivity contribution is 0.0734. The Morgan fingerprint density at radius 1 is 1.21 bits per heavy atom. The van der Waals surface area contributed by atoms with E-state index in [9.17, 15) is 9.18 Å². The van der Waals surface area contributed by atoms with Crippen LogP contribution in [0.2, 0.25) is 11.6 Å². The third-order valence-corrected chi connectivity index (χ3v) is 8.36. The number of nitrogens with zero attached hydrogens (tertiary/aromatic N) is 1. The van der Waals surface area contributed by atoms with Gasteiger partial charge in [-0.2, -0.15) is 5.26 Å². The summed E-state index contributed by atoms with van der Waals surface area (Å²) in [6.45, 7) is 4.76. The number of nitriles is 1. The molecule has 0 amide bonds. The minimum atomic E-state index is -0.695. The number of ether oxygens (including phenoxy) is 1. The molecule has 0 saturated heterocycles. The van der Waals surface area contributed by atoms with Gasteiger partial charge >= 0.3 is 5.97 Å². The van der Waals surface area contributed by atoms with Crippen molar-refractivity contribution in [3.63, 3.8) is 0 Å². The maximum Gasteiger partial charge on any atom is 0.343 e. The minimum absolute atomic E-state index is 0.0738. The normalized spacial score (nSPS) is 20.3. The second-order valence-corrected chi connectivity index (χ2v) is 11.0. The van der Waals surface area contributed by atoms with E-state index in [0.717, 1.165) is 17.5 Å². The molecule has 1 aliphatic rings. The first-order valence-corrected chi connectivity index (χ1v) is 12.3. The summed E-state index contributed by atoms with van der Waals surface area (Å²) in [6.07, 6.45) is 5.07. The van der Waals surface area contributed by atoms with Crippen LogP contribution >= 0.6 is 0 Å². The predicted octanol–water partition coefficient (Wildman–Crippen LogP) is 5.61. The van der Waals surface area contributed by atoms with E-state index in [-0.39, 0.29) is 20.8 Å². The molecular weight excluding hydrogens is 381 g/mol. The topological polar surface area (TPSA) is 50.1 Å². The highest BCUT2D eigenvalue weighted by Gasteiger charge is 2.25. The summed E-state index contributed by atoms with van der Waals surface area (Å²) in [6, 6.07) is 14.6. The Kier molecular flexibility index (Phi) is 7.22. The molecule has 0 aliphatic heterocycles. The second kappa shape index (κ2) is 9.84. The molecule has 0 spiro atoms. The van der Waals surface area contributed by atoms with Crippen LogP contribution < -0.4 is 4.74 Å². The summed E-state index contributed by atoms with van der Waals surface area (Å²) in [7, 11) is 0.0848. The van der Waals surface area contributed by atoms with Crippen LogP contribution in [0.4, 0.5) is 4.39 Å². The van der Waals surface area contributed by atoms with Crippen molar-refractivity contribution in [3.8, 4) is 11.8 Å². The summed E-state index contributed by atoms with van der Waals surface area (Å²) in [5.74, 6) is 0.348. The Balaban J connectivity index is 1.58. The zero-order valence-electron chi connectivity index (χ0n) is 17.2. The van der Waals surface area contributed by atoms with Gasteiger partial charge in [0.15, 0.2) is 0 Å². The zero-order valence-corrected chi connectivity index (χ0v) is 18.6. The van der Waals surface area contributed by atoms with E-state index >= 15 is 0 Å². The van der Waals surface area contributed by atoms with Gasteiger partial charge in [0, 0.05) is 15.6 Å². The van der Waals surface area contributed by atoms with Crippen molar-refractivity contribution in [2.24, 2.45) is 5.92 Å². The van der Waals surface area contributed by atoms with Gasteiger partial charge < -0.3 is 4.74 Å². The van der Waals surface area contributed by atoms with E-state index in [2.05, 4.69) is 13.8 Å². The lowest BCUT2D eigenvalue weighted by Crippen LogP contribution is -2.19. The van der Waals surface area contributed by atoms with Gasteiger partial charge in [0.05, 0.1) is 11.1 Å². The summed E-state index contributed by atoms with van der Waals surface area (Å²) in [4.78, 5) is 12.3. The van der Waals surface area contributed by atoms with Crippen molar-refractivity contribution >= 4 is 15.5 Å². The summed E-state index contributed by atoms with van der Waals surface area (Å²) in [5.41, 5.74) is 2.60. The highest BCUT2D eigenvalue weighted by Crippen LogP contribution is 2.40. The fraction of sp³-hybridized carbons (Fsp3) is 0.417. The Labute approximate surface area is 174 Å². The molecule has 2 aromatic carbocycles. The smallest absolute Gasteiger partial charge is 0.343 e. The standard InChI is InChI=1S/C24H28FNO2Si/c1-3-29-16(2)17-4-6-18(7-5-17)19-8-10-20(11-9-19)24(27)28-22-13-12-21(15-26)23(25)14-22/h8-14,16-18H,3-7,29H2,1-2H3/t16?,17-,18-. The van der Waals surface area contributed by atoms with Crippen molar-refractivity contribution in [3.05, 3.63) is 65.0 Å². The number of benzene rings is 2. The third-order valence-electron chi connectivity index (χ3n) is 6.21. The Morgan fingerprint density at radius 3 is 2.48 bits per heavy atom. The van der Waals surface area contributed by atoms with Gasteiger partial charge in [-0.25, -0.2) is 9.18 Å². The number of esters is 1. The molecule has 0 N–H and O–H groups in total. The molecule has 2 aromatic rings. The summed E-state index contributed by atoms with van der Waals surface area (Å²) < 4.78 is 18.9. The van der Waals surface area contributed by atoms with Crippen molar-refractivity contribution in [1.82, 2.24) is 0 Å². The molecule has 1 aliphatic carbocycles. The molecule has 0 radical (unpaired) electrons. The van der Waals surface area contributed by atoms with Gasteiger partial charge in [-0.3, -0.25) is 0 Å². The molecule has 3 nitrogen and oxygen atoms in total. The first-order chi connectivity index (χ1) is 14.0. The minimum Gasteiger partial charge on any atom is -0.423 e. The van der Waals surface area contributed by atoms with Crippen LogP contribution in [0.5, 0.6) is 5.75 Å². The van der Waals surface area contributed by atoms with Gasteiger partial charge in [0.1, 0.15) is 17.6 Å². The summed E-state index contributed by atoms with van der Waals surface area (Å²) in [5, 5.41) is 8.77. The molecule has 1 fully saturated rings. The fourth-order valence-electron chi connectivity index (χ4n) is 4.42. The molecule has 152 valence electrons. The van der Waals surface area contributed by atoms with Crippen LogP contribution in [0, 0.1) is 23.1 Å². The van der Waals surface area contributed by atoms with Gasteiger partial charge in [-0.05, 0) is 67.3 Å². The molecule has 5 heteroatoms. The van der Waals surface area contributed by atoms with Crippen molar-refractivity contribution in [2.45, 2.75) is 57.0 Å². The fourth-order valence-corrected chi connectivity index (χ4v) is 6.27. The second-order valence-electron chi connectivity index (χ2n) is 8.14. The van der Waals surface area contributed by atoms with E-state index in [1.807, 2.05) is 12.1 Å². The molecule has 1 saturated carbocycles. The molecular formula is C24H28FNO2Si. The monoisotopic (exact) mass is 409 g/mol. The van der Waals surface area contributed by atoms with E-state index in [0.29, 0.717) is 11.5 Å². The number of halogens is 1. The van der Waals surface area contributed by atoms with Gasteiger partial charge in [0.2, 0.25) is 0 Å². The molecule has 0 aromatic heterocycles. The van der Waals surface area contributed by atoms with Crippen LogP contribution in [0.3, 0.4) is 0 Å². The van der Waals surface area contributed by atoms with Crippen molar-refractivity contribution < 1.29 is 13.9 Å². The summed E-state index contributed by atoms with van der Waals surface area (Å²) >= 11 is 0. The lowest BCUT2D eigenvalue weighted by atomic mass is 9.77. The first kappa shape index (κ1) is 21.3. The molecule has 0 heterocycles. The van der Waals surface area contributed by atoms with Crippen LogP contribution in [0.25, 0.3) is 0 Å². The lowest BCUT2D eigenvalue weighted by Gasteiger charge is -2.32.